The number of hydrogen-bond donors (Lipinski definition) is 0. The van der Waals surface area contributed by atoms with Crippen LogP contribution in [-0.2, 0) is 4.74 Å². The molecule has 1 rings (SSSR count). The standard InChI is InChI=1S/C13H21NO2Si/c1-16-10-14(11-17(2,3)4)13(15)12-8-6-5-7-9-12/h5-9H,10-11H2,1-4H3. The van der Waals surface area contributed by atoms with Crippen molar-refractivity contribution in [2.75, 3.05) is 20.0 Å². The Labute approximate surface area is 104 Å². The fourth-order valence-electron chi connectivity index (χ4n) is 1.67. The van der Waals surface area contributed by atoms with Gasteiger partial charge in [0.25, 0.3) is 5.91 Å². The molecule has 0 N–H and O–H groups in total. The zero-order valence-electron chi connectivity index (χ0n) is 11.1. The number of methoxy groups -OCH3 is 1. The first-order valence-corrected chi connectivity index (χ1v) is 9.48. The zero-order chi connectivity index (χ0) is 12.9. The third-order valence-electron chi connectivity index (χ3n) is 2.26. The van der Waals surface area contributed by atoms with Crippen molar-refractivity contribution in [3.05, 3.63) is 35.9 Å². The van der Waals surface area contributed by atoms with E-state index < -0.39 is 8.07 Å². The lowest BCUT2D eigenvalue weighted by atomic mass is 10.2. The molecule has 3 nitrogen and oxygen atoms in total. The summed E-state index contributed by atoms with van der Waals surface area (Å²) >= 11 is 0. The van der Waals surface area contributed by atoms with Crippen molar-refractivity contribution in [2.45, 2.75) is 19.6 Å². The van der Waals surface area contributed by atoms with Gasteiger partial charge in [0.05, 0.1) is 8.07 Å². The number of hydrogen-bond acceptors (Lipinski definition) is 2. The lowest BCUT2D eigenvalue weighted by Gasteiger charge is -2.28. The molecule has 1 aromatic rings. The van der Waals surface area contributed by atoms with Crippen molar-refractivity contribution < 1.29 is 9.53 Å². The number of carbonyl (C=O) groups is 1. The minimum atomic E-state index is -1.33. The lowest BCUT2D eigenvalue weighted by molar-refractivity contribution is 0.0473. The largest absolute Gasteiger partial charge is 0.364 e. The molecule has 0 aliphatic heterocycles. The van der Waals surface area contributed by atoms with Crippen molar-refractivity contribution in [1.29, 1.82) is 0 Å². The summed E-state index contributed by atoms with van der Waals surface area (Å²) in [5.74, 6) is 0.0508. The number of benzene rings is 1. The van der Waals surface area contributed by atoms with Crippen molar-refractivity contribution in [3.8, 4) is 0 Å². The molecule has 0 atom stereocenters. The molecule has 0 aliphatic carbocycles. The Morgan fingerprint density at radius 1 is 1.24 bits per heavy atom. The highest BCUT2D eigenvalue weighted by atomic mass is 28.3. The Morgan fingerprint density at radius 3 is 2.29 bits per heavy atom. The topological polar surface area (TPSA) is 29.5 Å². The number of ether oxygens (including phenoxy) is 1. The van der Waals surface area contributed by atoms with Crippen LogP contribution in [0.15, 0.2) is 30.3 Å². The lowest BCUT2D eigenvalue weighted by Crippen LogP contribution is -2.44. The summed E-state index contributed by atoms with van der Waals surface area (Å²) in [4.78, 5) is 14.1. The van der Waals surface area contributed by atoms with Crippen molar-refractivity contribution >= 4 is 14.0 Å². The number of rotatable bonds is 5. The van der Waals surface area contributed by atoms with Crippen molar-refractivity contribution in [3.63, 3.8) is 0 Å². The third-order valence-corrected chi connectivity index (χ3v) is 3.59. The highest BCUT2D eigenvalue weighted by Gasteiger charge is 2.23. The molecule has 94 valence electrons. The van der Waals surface area contributed by atoms with Crippen LogP contribution in [-0.4, -0.2) is 38.9 Å². The number of carbonyl (C=O) groups excluding carboxylic acids is 1. The summed E-state index contributed by atoms with van der Waals surface area (Å²) < 4.78 is 5.12. The molecular formula is C13H21NO2Si. The van der Waals surface area contributed by atoms with E-state index in [4.69, 9.17) is 4.74 Å². The fourth-order valence-corrected chi connectivity index (χ4v) is 3.05. The van der Waals surface area contributed by atoms with Crippen LogP contribution in [0.2, 0.25) is 19.6 Å². The van der Waals surface area contributed by atoms with Gasteiger partial charge in [0.2, 0.25) is 0 Å². The van der Waals surface area contributed by atoms with Gasteiger partial charge < -0.3 is 9.64 Å². The third kappa shape index (κ3) is 4.71. The van der Waals surface area contributed by atoms with Gasteiger partial charge in [-0.2, -0.15) is 0 Å². The highest BCUT2D eigenvalue weighted by molar-refractivity contribution is 6.76. The maximum Gasteiger partial charge on any atom is 0.255 e. The van der Waals surface area contributed by atoms with Crippen LogP contribution in [0.3, 0.4) is 0 Å². The van der Waals surface area contributed by atoms with E-state index >= 15 is 0 Å². The first-order valence-electron chi connectivity index (χ1n) is 5.77. The van der Waals surface area contributed by atoms with Crippen LogP contribution in [0.5, 0.6) is 0 Å². The van der Waals surface area contributed by atoms with E-state index in [1.807, 2.05) is 30.3 Å². The van der Waals surface area contributed by atoms with Gasteiger partial charge in [-0.3, -0.25) is 4.79 Å². The van der Waals surface area contributed by atoms with Crippen LogP contribution < -0.4 is 0 Å². The quantitative estimate of drug-likeness (QED) is 0.595. The van der Waals surface area contributed by atoms with E-state index in [1.54, 1.807) is 12.0 Å². The Kier molecular flexibility index (Phi) is 4.90. The van der Waals surface area contributed by atoms with Crippen LogP contribution in [0.4, 0.5) is 0 Å². The smallest absolute Gasteiger partial charge is 0.255 e. The maximum atomic E-state index is 12.3. The molecule has 0 aromatic heterocycles. The summed E-state index contributed by atoms with van der Waals surface area (Å²) in [6.45, 7) is 7.09. The Balaban J connectivity index is 2.81. The van der Waals surface area contributed by atoms with Gasteiger partial charge in [-0.15, -0.1) is 0 Å². The van der Waals surface area contributed by atoms with Crippen LogP contribution >= 0.6 is 0 Å². The fraction of sp³-hybridized carbons (Fsp3) is 0.462. The molecule has 0 saturated carbocycles. The summed E-state index contributed by atoms with van der Waals surface area (Å²) in [6.07, 6.45) is 0.814. The van der Waals surface area contributed by atoms with Gasteiger partial charge in [-0.05, 0) is 12.1 Å². The summed E-state index contributed by atoms with van der Waals surface area (Å²) in [5, 5.41) is 0. The molecule has 0 spiro atoms. The van der Waals surface area contributed by atoms with Gasteiger partial charge in [0, 0.05) is 18.8 Å². The van der Waals surface area contributed by atoms with Crippen molar-refractivity contribution in [2.24, 2.45) is 0 Å². The molecule has 0 aliphatic rings. The highest BCUT2D eigenvalue weighted by Crippen LogP contribution is 2.09. The van der Waals surface area contributed by atoms with E-state index in [1.165, 1.54) is 0 Å². The minimum Gasteiger partial charge on any atom is -0.364 e. The zero-order valence-corrected chi connectivity index (χ0v) is 12.1. The van der Waals surface area contributed by atoms with Gasteiger partial charge in [-0.25, -0.2) is 0 Å². The van der Waals surface area contributed by atoms with E-state index in [2.05, 4.69) is 19.6 Å². The van der Waals surface area contributed by atoms with E-state index in [0.717, 1.165) is 11.7 Å². The SMILES string of the molecule is COCN(C[Si](C)(C)C)C(=O)c1ccccc1. The van der Waals surface area contributed by atoms with Crippen molar-refractivity contribution in [1.82, 2.24) is 4.90 Å². The molecule has 0 heterocycles. The molecule has 4 heteroatoms. The summed E-state index contributed by atoms with van der Waals surface area (Å²) in [7, 11) is 0.292. The van der Waals surface area contributed by atoms with Gasteiger partial charge in [0.1, 0.15) is 6.73 Å². The second-order valence-electron chi connectivity index (χ2n) is 5.35. The van der Waals surface area contributed by atoms with Crippen LogP contribution in [0.25, 0.3) is 0 Å². The van der Waals surface area contributed by atoms with Gasteiger partial charge in [-0.1, -0.05) is 37.8 Å². The molecule has 1 amide bonds. The van der Waals surface area contributed by atoms with E-state index in [0.29, 0.717) is 6.73 Å². The Morgan fingerprint density at radius 2 is 1.82 bits per heavy atom. The van der Waals surface area contributed by atoms with Gasteiger partial charge in [0.15, 0.2) is 0 Å². The summed E-state index contributed by atoms with van der Waals surface area (Å²) in [6, 6.07) is 9.36. The van der Waals surface area contributed by atoms with E-state index in [-0.39, 0.29) is 5.91 Å². The molecule has 0 saturated heterocycles. The Bertz CT molecular complexity index is 359. The molecule has 0 radical (unpaired) electrons. The molecule has 0 bridgehead atoms. The monoisotopic (exact) mass is 251 g/mol. The molecule has 17 heavy (non-hydrogen) atoms. The first-order chi connectivity index (χ1) is 7.94. The van der Waals surface area contributed by atoms with Crippen LogP contribution in [0.1, 0.15) is 10.4 Å². The second-order valence-corrected chi connectivity index (χ2v) is 10.8. The number of nitrogens with zero attached hydrogens (tertiary/aromatic N) is 1. The normalized spacial score (nSPS) is 11.3. The predicted molar refractivity (Wildman–Crippen MR) is 72.7 cm³/mol. The van der Waals surface area contributed by atoms with Crippen LogP contribution in [0, 0.1) is 0 Å². The maximum absolute atomic E-state index is 12.3. The Hall–Kier alpha value is -1.13. The minimum absolute atomic E-state index is 0.0508. The molecule has 0 unspecified atom stereocenters. The van der Waals surface area contributed by atoms with E-state index in [9.17, 15) is 4.79 Å². The second kappa shape index (κ2) is 5.98. The molecule has 1 aromatic carbocycles. The average molecular weight is 251 g/mol. The van der Waals surface area contributed by atoms with Gasteiger partial charge >= 0.3 is 0 Å². The first kappa shape index (κ1) is 13.9. The molecule has 0 fully saturated rings. The molecular weight excluding hydrogens is 230 g/mol. The predicted octanol–water partition coefficient (Wildman–Crippen LogP) is 2.61. The summed E-state index contributed by atoms with van der Waals surface area (Å²) in [5.41, 5.74) is 0.725. The number of amides is 1. The average Bonchev–Trinajstić information content (AvgIpc) is 2.27.